The van der Waals surface area contributed by atoms with Crippen molar-refractivity contribution < 1.29 is 4.39 Å². The molecule has 4 unspecified atom stereocenters. The van der Waals surface area contributed by atoms with Crippen LogP contribution in [0.1, 0.15) is 6.92 Å². The van der Waals surface area contributed by atoms with E-state index in [2.05, 4.69) is 5.32 Å². The van der Waals surface area contributed by atoms with E-state index in [9.17, 15) is 4.39 Å². The van der Waals surface area contributed by atoms with Gasteiger partial charge in [-0.15, -0.1) is 11.8 Å². The number of alkyl halides is 1. The fourth-order valence-electron chi connectivity index (χ4n) is 1.28. The van der Waals surface area contributed by atoms with Crippen LogP contribution in [-0.2, 0) is 0 Å². The van der Waals surface area contributed by atoms with Crippen molar-refractivity contribution in [3.05, 3.63) is 0 Å². The molecule has 0 aromatic heterocycles. The van der Waals surface area contributed by atoms with Crippen LogP contribution in [-0.4, -0.2) is 30.4 Å². The zero-order valence-electron chi connectivity index (χ0n) is 6.88. The van der Waals surface area contributed by atoms with Gasteiger partial charge in [0.2, 0.25) is 0 Å². The number of nitrogens with one attached hydrogen (secondary N) is 1. The predicted molar refractivity (Wildman–Crippen MR) is 47.3 cm³/mol. The summed E-state index contributed by atoms with van der Waals surface area (Å²) in [6.45, 7) is 2.80. The topological polar surface area (TPSA) is 38.0 Å². The molecule has 0 aromatic carbocycles. The van der Waals surface area contributed by atoms with E-state index in [1.54, 1.807) is 0 Å². The summed E-state index contributed by atoms with van der Waals surface area (Å²) in [5.74, 6) is 0.244. The summed E-state index contributed by atoms with van der Waals surface area (Å²) in [6.07, 6.45) is 0.987. The van der Waals surface area contributed by atoms with Crippen molar-refractivity contribution in [2.75, 3.05) is 12.8 Å². The van der Waals surface area contributed by atoms with Gasteiger partial charge in [-0.2, -0.15) is 0 Å². The highest BCUT2D eigenvalue weighted by Crippen LogP contribution is 2.22. The molecule has 4 atom stereocenters. The lowest BCUT2D eigenvalue weighted by molar-refractivity contribution is 0.174. The van der Waals surface area contributed by atoms with Gasteiger partial charge < -0.3 is 11.1 Å². The Labute approximate surface area is 71.1 Å². The SMILES string of the molecule is CSC1NCC(C)C(N)C1F. The van der Waals surface area contributed by atoms with Gasteiger partial charge in [0.1, 0.15) is 6.17 Å². The third-order valence-electron chi connectivity index (χ3n) is 2.21. The Hall–Kier alpha value is 0.200. The molecule has 0 bridgehead atoms. The average Bonchev–Trinajstić information content (AvgIpc) is 2.01. The molecule has 1 saturated heterocycles. The number of halogens is 1. The van der Waals surface area contributed by atoms with Crippen molar-refractivity contribution in [1.82, 2.24) is 5.32 Å². The highest BCUT2D eigenvalue weighted by molar-refractivity contribution is 7.99. The van der Waals surface area contributed by atoms with E-state index in [0.29, 0.717) is 0 Å². The first-order valence-electron chi connectivity index (χ1n) is 3.82. The third-order valence-corrected chi connectivity index (χ3v) is 3.14. The lowest BCUT2D eigenvalue weighted by atomic mass is 9.95. The van der Waals surface area contributed by atoms with E-state index in [0.717, 1.165) is 6.54 Å². The summed E-state index contributed by atoms with van der Waals surface area (Å²) >= 11 is 1.49. The maximum absolute atomic E-state index is 13.3. The minimum Gasteiger partial charge on any atom is -0.325 e. The maximum atomic E-state index is 13.3. The van der Waals surface area contributed by atoms with Gasteiger partial charge >= 0.3 is 0 Å². The van der Waals surface area contributed by atoms with E-state index in [4.69, 9.17) is 5.73 Å². The Balaban J connectivity index is 2.52. The lowest BCUT2D eigenvalue weighted by Crippen LogP contribution is -2.56. The Morgan fingerprint density at radius 3 is 2.82 bits per heavy atom. The number of hydrogen-bond donors (Lipinski definition) is 2. The zero-order valence-corrected chi connectivity index (χ0v) is 7.70. The van der Waals surface area contributed by atoms with Crippen LogP contribution in [0.2, 0.25) is 0 Å². The summed E-state index contributed by atoms with van der Waals surface area (Å²) in [5.41, 5.74) is 5.66. The molecule has 1 rings (SSSR count). The highest BCUT2D eigenvalue weighted by atomic mass is 32.2. The first kappa shape index (κ1) is 9.29. The molecule has 4 heteroatoms. The van der Waals surface area contributed by atoms with Crippen molar-refractivity contribution in [1.29, 1.82) is 0 Å². The summed E-state index contributed by atoms with van der Waals surface area (Å²) in [5, 5.41) is 3.00. The van der Waals surface area contributed by atoms with Crippen molar-refractivity contribution in [2.45, 2.75) is 24.5 Å². The second-order valence-electron chi connectivity index (χ2n) is 3.06. The number of hydrogen-bond acceptors (Lipinski definition) is 3. The van der Waals surface area contributed by atoms with E-state index in [-0.39, 0.29) is 17.3 Å². The lowest BCUT2D eigenvalue weighted by Gasteiger charge is -2.35. The minimum atomic E-state index is -0.909. The summed E-state index contributed by atoms with van der Waals surface area (Å²) in [6, 6.07) is -0.298. The second-order valence-corrected chi connectivity index (χ2v) is 4.04. The predicted octanol–water partition coefficient (Wildman–Crippen LogP) is 0.580. The van der Waals surface area contributed by atoms with Crippen LogP contribution in [0.25, 0.3) is 0 Å². The van der Waals surface area contributed by atoms with E-state index >= 15 is 0 Å². The van der Waals surface area contributed by atoms with Crippen molar-refractivity contribution in [3.63, 3.8) is 0 Å². The summed E-state index contributed by atoms with van der Waals surface area (Å²) < 4.78 is 13.3. The molecule has 3 N–H and O–H groups in total. The number of nitrogens with two attached hydrogens (primary N) is 1. The van der Waals surface area contributed by atoms with Crippen LogP contribution >= 0.6 is 11.8 Å². The summed E-state index contributed by atoms with van der Waals surface area (Å²) in [4.78, 5) is 0. The van der Waals surface area contributed by atoms with Gasteiger partial charge in [-0.25, -0.2) is 4.39 Å². The largest absolute Gasteiger partial charge is 0.325 e. The fourth-order valence-corrected chi connectivity index (χ4v) is 1.98. The van der Waals surface area contributed by atoms with Crippen LogP contribution < -0.4 is 11.1 Å². The van der Waals surface area contributed by atoms with Gasteiger partial charge in [0.15, 0.2) is 0 Å². The normalized spacial score (nSPS) is 45.8. The minimum absolute atomic E-state index is 0.110. The molecule has 66 valence electrons. The van der Waals surface area contributed by atoms with Crippen molar-refractivity contribution in [2.24, 2.45) is 11.7 Å². The van der Waals surface area contributed by atoms with Gasteiger partial charge in [0.05, 0.1) is 5.37 Å². The fraction of sp³-hybridized carbons (Fsp3) is 1.00. The van der Waals surface area contributed by atoms with Gasteiger partial charge in [0, 0.05) is 12.6 Å². The Morgan fingerprint density at radius 2 is 2.27 bits per heavy atom. The molecule has 1 fully saturated rings. The second kappa shape index (κ2) is 3.74. The Morgan fingerprint density at radius 1 is 1.64 bits per heavy atom. The Bertz CT molecular complexity index is 132. The molecular weight excluding hydrogens is 163 g/mol. The van der Waals surface area contributed by atoms with Crippen molar-refractivity contribution >= 4 is 11.8 Å². The molecule has 0 amide bonds. The first-order valence-corrected chi connectivity index (χ1v) is 5.11. The smallest absolute Gasteiger partial charge is 0.140 e. The molecule has 0 spiro atoms. The number of piperidine rings is 1. The molecule has 1 heterocycles. The monoisotopic (exact) mass is 178 g/mol. The zero-order chi connectivity index (χ0) is 8.43. The number of thioether (sulfide) groups is 1. The Kier molecular flexibility index (Phi) is 3.16. The van der Waals surface area contributed by atoms with Crippen LogP contribution in [0.5, 0.6) is 0 Å². The average molecular weight is 178 g/mol. The van der Waals surface area contributed by atoms with Crippen LogP contribution in [0.3, 0.4) is 0 Å². The highest BCUT2D eigenvalue weighted by Gasteiger charge is 2.34. The third kappa shape index (κ3) is 1.86. The van der Waals surface area contributed by atoms with E-state index in [1.807, 2.05) is 13.2 Å². The first-order chi connectivity index (χ1) is 5.16. The van der Waals surface area contributed by atoms with Crippen LogP contribution in [0.15, 0.2) is 0 Å². The maximum Gasteiger partial charge on any atom is 0.140 e. The van der Waals surface area contributed by atoms with Gasteiger partial charge in [-0.3, -0.25) is 0 Å². The molecular formula is C7H15FN2S. The standard InChI is InChI=1S/C7H15FN2S/c1-4-3-10-7(11-2)5(8)6(4)9/h4-7,10H,3,9H2,1-2H3. The molecule has 0 radical (unpaired) electrons. The quantitative estimate of drug-likeness (QED) is 0.617. The van der Waals surface area contributed by atoms with E-state index in [1.165, 1.54) is 11.8 Å². The molecule has 2 nitrogen and oxygen atoms in total. The van der Waals surface area contributed by atoms with Crippen LogP contribution in [0.4, 0.5) is 4.39 Å². The molecule has 11 heavy (non-hydrogen) atoms. The van der Waals surface area contributed by atoms with Gasteiger partial charge in [-0.1, -0.05) is 6.92 Å². The molecule has 1 aliphatic rings. The number of rotatable bonds is 1. The van der Waals surface area contributed by atoms with Gasteiger partial charge in [0.25, 0.3) is 0 Å². The van der Waals surface area contributed by atoms with E-state index < -0.39 is 6.17 Å². The summed E-state index contributed by atoms with van der Waals surface area (Å²) in [7, 11) is 0. The molecule has 0 saturated carbocycles. The van der Waals surface area contributed by atoms with Gasteiger partial charge in [-0.05, 0) is 12.2 Å². The van der Waals surface area contributed by atoms with Crippen molar-refractivity contribution in [3.8, 4) is 0 Å². The molecule has 0 aliphatic carbocycles. The molecule has 0 aromatic rings. The van der Waals surface area contributed by atoms with Crippen LogP contribution in [0, 0.1) is 5.92 Å². The molecule has 1 aliphatic heterocycles.